The Morgan fingerprint density at radius 2 is 1.92 bits per heavy atom. The summed E-state index contributed by atoms with van der Waals surface area (Å²) < 4.78 is 7.49. The van der Waals surface area contributed by atoms with Crippen LogP contribution in [0.4, 0.5) is 0 Å². The zero-order valence-corrected chi connectivity index (χ0v) is 15.1. The number of para-hydroxylation sites is 2. The van der Waals surface area contributed by atoms with Gasteiger partial charge in [0.2, 0.25) is 11.1 Å². The van der Waals surface area contributed by atoms with Crippen LogP contribution in [0.2, 0.25) is 0 Å². The Kier molecular flexibility index (Phi) is 6.21. The monoisotopic (exact) mass is 369 g/mol. The van der Waals surface area contributed by atoms with Crippen molar-refractivity contribution in [2.75, 3.05) is 5.75 Å². The van der Waals surface area contributed by atoms with E-state index in [4.69, 9.17) is 4.74 Å². The Morgan fingerprint density at radius 3 is 2.69 bits per heavy atom. The van der Waals surface area contributed by atoms with Gasteiger partial charge in [-0.15, -0.1) is 5.10 Å². The van der Waals surface area contributed by atoms with Crippen LogP contribution in [0.3, 0.4) is 0 Å². The molecule has 1 N–H and O–H groups in total. The standard InChI is InChI=1S/C18H19N5O2S/c1-23-18(20-21-22-23)26-12-11-17(24)19-13-14-7-5-6-10-16(14)25-15-8-3-2-4-9-15/h2-10H,11-13H2,1H3,(H,19,24). The van der Waals surface area contributed by atoms with E-state index in [1.807, 2.05) is 54.6 Å². The number of aryl methyl sites for hydroxylation is 1. The maximum atomic E-state index is 12.1. The van der Waals surface area contributed by atoms with Crippen LogP contribution in [-0.4, -0.2) is 31.9 Å². The molecule has 8 heteroatoms. The average molecular weight is 369 g/mol. The number of hydrogen-bond donors (Lipinski definition) is 1. The molecule has 0 aliphatic rings. The second-order valence-electron chi connectivity index (χ2n) is 5.48. The van der Waals surface area contributed by atoms with Gasteiger partial charge in [-0.3, -0.25) is 4.79 Å². The maximum Gasteiger partial charge on any atom is 0.221 e. The van der Waals surface area contributed by atoms with Crippen molar-refractivity contribution in [3.8, 4) is 11.5 Å². The normalized spacial score (nSPS) is 10.5. The molecule has 2 aromatic carbocycles. The fraction of sp³-hybridized carbons (Fsp3) is 0.222. The quantitative estimate of drug-likeness (QED) is 0.615. The van der Waals surface area contributed by atoms with Crippen LogP contribution in [0, 0.1) is 0 Å². The Balaban J connectivity index is 1.49. The minimum atomic E-state index is -0.0258. The van der Waals surface area contributed by atoms with E-state index in [1.54, 1.807) is 11.7 Å². The van der Waals surface area contributed by atoms with Gasteiger partial charge in [0.15, 0.2) is 0 Å². The molecular formula is C18H19N5O2S. The Bertz CT molecular complexity index is 854. The number of thioether (sulfide) groups is 1. The fourth-order valence-corrected chi connectivity index (χ4v) is 3.01. The largest absolute Gasteiger partial charge is 0.457 e. The van der Waals surface area contributed by atoms with Crippen LogP contribution in [0.1, 0.15) is 12.0 Å². The molecule has 0 spiro atoms. The molecule has 0 aliphatic carbocycles. The van der Waals surface area contributed by atoms with Gasteiger partial charge in [0.05, 0.1) is 0 Å². The van der Waals surface area contributed by atoms with Crippen molar-refractivity contribution in [1.29, 1.82) is 0 Å². The molecule has 26 heavy (non-hydrogen) atoms. The zero-order chi connectivity index (χ0) is 18.2. The van der Waals surface area contributed by atoms with Gasteiger partial charge in [-0.05, 0) is 28.6 Å². The van der Waals surface area contributed by atoms with Gasteiger partial charge in [0, 0.05) is 31.3 Å². The van der Waals surface area contributed by atoms with E-state index < -0.39 is 0 Å². The minimum absolute atomic E-state index is 0.0258. The summed E-state index contributed by atoms with van der Waals surface area (Å²) in [5.74, 6) is 2.09. The molecule has 3 aromatic rings. The van der Waals surface area contributed by atoms with Crippen LogP contribution in [0.15, 0.2) is 59.8 Å². The maximum absolute atomic E-state index is 12.1. The molecule has 1 heterocycles. The third kappa shape index (κ3) is 5.06. The Labute approximate surface area is 155 Å². The molecule has 0 unspecified atom stereocenters. The summed E-state index contributed by atoms with van der Waals surface area (Å²) >= 11 is 1.45. The minimum Gasteiger partial charge on any atom is -0.457 e. The number of carbonyl (C=O) groups excluding carboxylic acids is 1. The zero-order valence-electron chi connectivity index (χ0n) is 14.3. The van der Waals surface area contributed by atoms with Gasteiger partial charge in [-0.1, -0.05) is 48.2 Å². The van der Waals surface area contributed by atoms with Crippen LogP contribution < -0.4 is 10.1 Å². The second kappa shape index (κ2) is 9.00. The van der Waals surface area contributed by atoms with E-state index in [9.17, 15) is 4.79 Å². The van der Waals surface area contributed by atoms with Gasteiger partial charge in [-0.25, -0.2) is 4.68 Å². The molecule has 0 aliphatic heterocycles. The summed E-state index contributed by atoms with van der Waals surface area (Å²) in [4.78, 5) is 12.1. The van der Waals surface area contributed by atoms with Crippen molar-refractivity contribution in [2.24, 2.45) is 7.05 Å². The van der Waals surface area contributed by atoms with E-state index in [2.05, 4.69) is 20.8 Å². The molecule has 0 saturated heterocycles. The number of tetrazole rings is 1. The van der Waals surface area contributed by atoms with Gasteiger partial charge in [-0.2, -0.15) is 0 Å². The van der Waals surface area contributed by atoms with Crippen LogP contribution in [0.5, 0.6) is 11.5 Å². The van der Waals surface area contributed by atoms with E-state index in [0.29, 0.717) is 23.9 Å². The van der Waals surface area contributed by atoms with Crippen molar-refractivity contribution in [3.05, 3.63) is 60.2 Å². The lowest BCUT2D eigenvalue weighted by atomic mass is 10.2. The summed E-state index contributed by atoms with van der Waals surface area (Å²) in [6.45, 7) is 0.415. The first-order valence-electron chi connectivity index (χ1n) is 8.15. The summed E-state index contributed by atoms with van der Waals surface area (Å²) in [7, 11) is 1.77. The second-order valence-corrected chi connectivity index (χ2v) is 6.55. The predicted molar refractivity (Wildman–Crippen MR) is 98.9 cm³/mol. The van der Waals surface area contributed by atoms with Crippen molar-refractivity contribution in [2.45, 2.75) is 18.1 Å². The smallest absolute Gasteiger partial charge is 0.221 e. The first-order valence-corrected chi connectivity index (χ1v) is 9.13. The highest BCUT2D eigenvalue weighted by Crippen LogP contribution is 2.24. The predicted octanol–water partition coefficient (Wildman–Crippen LogP) is 2.80. The summed E-state index contributed by atoms with van der Waals surface area (Å²) in [5.41, 5.74) is 0.926. The number of nitrogens with zero attached hydrogens (tertiary/aromatic N) is 4. The van der Waals surface area contributed by atoms with E-state index in [0.717, 1.165) is 17.1 Å². The molecule has 7 nitrogen and oxygen atoms in total. The Morgan fingerprint density at radius 1 is 1.15 bits per heavy atom. The molecule has 0 saturated carbocycles. The van der Waals surface area contributed by atoms with Crippen molar-refractivity contribution in [3.63, 3.8) is 0 Å². The van der Waals surface area contributed by atoms with Gasteiger partial charge >= 0.3 is 0 Å². The van der Waals surface area contributed by atoms with E-state index >= 15 is 0 Å². The fourth-order valence-electron chi connectivity index (χ4n) is 2.23. The van der Waals surface area contributed by atoms with Crippen LogP contribution >= 0.6 is 11.8 Å². The number of amides is 1. The van der Waals surface area contributed by atoms with E-state index in [-0.39, 0.29) is 5.91 Å². The molecule has 0 atom stereocenters. The molecule has 0 bridgehead atoms. The molecular weight excluding hydrogens is 350 g/mol. The third-order valence-electron chi connectivity index (χ3n) is 3.56. The molecule has 0 radical (unpaired) electrons. The first-order chi connectivity index (χ1) is 12.7. The number of rotatable bonds is 8. The lowest BCUT2D eigenvalue weighted by Gasteiger charge is -2.12. The van der Waals surface area contributed by atoms with Crippen molar-refractivity contribution >= 4 is 17.7 Å². The number of ether oxygens (including phenoxy) is 1. The average Bonchev–Trinajstić information content (AvgIpc) is 3.07. The molecule has 0 fully saturated rings. The third-order valence-corrected chi connectivity index (χ3v) is 4.57. The number of hydrogen-bond acceptors (Lipinski definition) is 6. The molecule has 3 rings (SSSR count). The highest BCUT2D eigenvalue weighted by atomic mass is 32.2. The number of aromatic nitrogens is 4. The lowest BCUT2D eigenvalue weighted by molar-refractivity contribution is -0.120. The van der Waals surface area contributed by atoms with Gasteiger partial charge in [0.25, 0.3) is 0 Å². The summed E-state index contributed by atoms with van der Waals surface area (Å²) in [5, 5.41) is 14.8. The highest BCUT2D eigenvalue weighted by molar-refractivity contribution is 7.99. The van der Waals surface area contributed by atoms with Crippen molar-refractivity contribution < 1.29 is 9.53 Å². The van der Waals surface area contributed by atoms with Crippen LogP contribution in [-0.2, 0) is 18.4 Å². The number of carbonyl (C=O) groups is 1. The Hall–Kier alpha value is -2.87. The molecule has 134 valence electrons. The first kappa shape index (κ1) is 17.9. The van der Waals surface area contributed by atoms with Crippen LogP contribution in [0.25, 0.3) is 0 Å². The number of benzene rings is 2. The SMILES string of the molecule is Cn1nnnc1SCCC(=O)NCc1ccccc1Oc1ccccc1. The summed E-state index contributed by atoms with van der Waals surface area (Å²) in [6.07, 6.45) is 0.388. The summed E-state index contributed by atoms with van der Waals surface area (Å²) in [6, 6.07) is 17.2. The highest BCUT2D eigenvalue weighted by Gasteiger charge is 2.08. The lowest BCUT2D eigenvalue weighted by Crippen LogP contribution is -2.23. The number of nitrogens with one attached hydrogen (secondary N) is 1. The van der Waals surface area contributed by atoms with Crippen molar-refractivity contribution in [1.82, 2.24) is 25.5 Å². The molecule has 1 amide bonds. The molecule has 1 aromatic heterocycles. The van der Waals surface area contributed by atoms with Gasteiger partial charge in [0.1, 0.15) is 11.5 Å². The van der Waals surface area contributed by atoms with Gasteiger partial charge < -0.3 is 10.1 Å². The van der Waals surface area contributed by atoms with E-state index in [1.165, 1.54) is 11.8 Å². The topological polar surface area (TPSA) is 81.9 Å².